The topological polar surface area (TPSA) is 42.3 Å². The van der Waals surface area contributed by atoms with Crippen LogP contribution in [0.3, 0.4) is 0 Å². The fraction of sp³-hybridized carbons (Fsp3) is 0.923. The van der Waals surface area contributed by atoms with Crippen LogP contribution in [0.15, 0.2) is 0 Å². The lowest BCUT2D eigenvalue weighted by Gasteiger charge is -2.29. The molecular formula is C13H24N4. The number of rotatable bonds is 5. The highest BCUT2D eigenvalue weighted by molar-refractivity contribution is 5.09. The summed E-state index contributed by atoms with van der Waals surface area (Å²) in [7, 11) is 4.28. The highest BCUT2D eigenvalue weighted by atomic mass is 15.2. The molecule has 0 spiro atoms. The van der Waals surface area contributed by atoms with Crippen molar-refractivity contribution in [1.82, 2.24) is 15.1 Å². The number of likely N-dealkylation sites (tertiary alicyclic amines) is 1. The minimum atomic E-state index is -0.373. The first-order valence-electron chi connectivity index (χ1n) is 6.60. The molecule has 1 saturated heterocycles. The Hall–Kier alpha value is -0.630. The molecule has 0 radical (unpaired) electrons. The van der Waals surface area contributed by atoms with Crippen molar-refractivity contribution in [2.24, 2.45) is 0 Å². The molecule has 4 heteroatoms. The van der Waals surface area contributed by atoms with Gasteiger partial charge in [0.25, 0.3) is 0 Å². The molecule has 17 heavy (non-hydrogen) atoms. The molecule has 2 fully saturated rings. The number of hydrogen-bond donors (Lipinski definition) is 1. The van der Waals surface area contributed by atoms with Gasteiger partial charge >= 0.3 is 0 Å². The predicted octanol–water partition coefficient (Wildman–Crippen LogP) is 0.657. The summed E-state index contributed by atoms with van der Waals surface area (Å²) in [5.41, 5.74) is -0.373. The molecule has 1 heterocycles. The number of hydrogen-bond acceptors (Lipinski definition) is 4. The molecule has 0 amide bonds. The second-order valence-electron chi connectivity index (χ2n) is 6.00. The van der Waals surface area contributed by atoms with E-state index in [-0.39, 0.29) is 5.54 Å². The normalized spacial score (nSPS) is 29.2. The van der Waals surface area contributed by atoms with Crippen molar-refractivity contribution in [3.05, 3.63) is 0 Å². The van der Waals surface area contributed by atoms with Crippen LogP contribution in [-0.2, 0) is 0 Å². The van der Waals surface area contributed by atoms with Crippen molar-refractivity contribution < 1.29 is 0 Å². The Bertz CT molecular complexity index is 305. The highest BCUT2D eigenvalue weighted by Crippen LogP contribution is 2.24. The average molecular weight is 236 g/mol. The van der Waals surface area contributed by atoms with E-state index in [0.717, 1.165) is 19.6 Å². The first-order chi connectivity index (χ1) is 8.02. The van der Waals surface area contributed by atoms with Crippen molar-refractivity contribution >= 4 is 0 Å². The van der Waals surface area contributed by atoms with Gasteiger partial charge in [0.05, 0.1) is 6.07 Å². The summed E-state index contributed by atoms with van der Waals surface area (Å²) in [6.07, 6.45) is 3.69. The zero-order valence-corrected chi connectivity index (χ0v) is 11.2. The molecule has 0 aromatic carbocycles. The Morgan fingerprint density at radius 3 is 2.59 bits per heavy atom. The molecule has 1 aliphatic carbocycles. The monoisotopic (exact) mass is 236 g/mol. The lowest BCUT2D eigenvalue weighted by Crippen LogP contribution is -2.51. The third kappa shape index (κ3) is 3.41. The Kier molecular flexibility index (Phi) is 3.72. The maximum absolute atomic E-state index is 9.35. The van der Waals surface area contributed by atoms with Gasteiger partial charge < -0.3 is 4.90 Å². The Morgan fingerprint density at radius 1 is 1.41 bits per heavy atom. The molecule has 2 aliphatic rings. The van der Waals surface area contributed by atoms with E-state index in [0.29, 0.717) is 12.1 Å². The van der Waals surface area contributed by atoms with Crippen molar-refractivity contribution in [3.8, 4) is 6.07 Å². The summed E-state index contributed by atoms with van der Waals surface area (Å²) in [5.74, 6) is 0. The van der Waals surface area contributed by atoms with Crippen molar-refractivity contribution in [3.63, 3.8) is 0 Å². The van der Waals surface area contributed by atoms with Crippen LogP contribution in [0, 0.1) is 11.3 Å². The van der Waals surface area contributed by atoms with Gasteiger partial charge in [-0.25, -0.2) is 0 Å². The second kappa shape index (κ2) is 4.93. The van der Waals surface area contributed by atoms with Gasteiger partial charge in [-0.15, -0.1) is 0 Å². The van der Waals surface area contributed by atoms with E-state index >= 15 is 0 Å². The van der Waals surface area contributed by atoms with Crippen LogP contribution in [0.4, 0.5) is 0 Å². The van der Waals surface area contributed by atoms with Gasteiger partial charge in [0.2, 0.25) is 0 Å². The largest absolute Gasteiger partial charge is 0.305 e. The smallest absolute Gasteiger partial charge is 0.116 e. The first kappa shape index (κ1) is 12.8. The zero-order chi connectivity index (χ0) is 12.5. The van der Waals surface area contributed by atoms with Crippen LogP contribution < -0.4 is 5.32 Å². The molecule has 1 saturated carbocycles. The Labute approximate surface area is 105 Å². The second-order valence-corrected chi connectivity index (χ2v) is 6.00. The number of nitrogens with one attached hydrogen (secondary N) is 1. The molecule has 2 rings (SSSR count). The molecule has 0 bridgehead atoms. The molecule has 0 aromatic heterocycles. The Morgan fingerprint density at radius 2 is 2.12 bits per heavy atom. The summed E-state index contributed by atoms with van der Waals surface area (Å²) in [4.78, 5) is 4.71. The third-order valence-electron chi connectivity index (χ3n) is 3.86. The fourth-order valence-corrected chi connectivity index (χ4v) is 2.62. The number of likely N-dealkylation sites (N-methyl/N-ethyl adjacent to an activating group) is 1. The lowest BCUT2D eigenvalue weighted by molar-refractivity contribution is 0.232. The molecule has 2 atom stereocenters. The molecule has 1 aliphatic heterocycles. The predicted molar refractivity (Wildman–Crippen MR) is 68.7 cm³/mol. The van der Waals surface area contributed by atoms with Gasteiger partial charge in [0.15, 0.2) is 0 Å². The van der Waals surface area contributed by atoms with Gasteiger partial charge in [-0.1, -0.05) is 0 Å². The van der Waals surface area contributed by atoms with E-state index in [2.05, 4.69) is 35.3 Å². The SMILES string of the molecule is CN(C)C1CCN(CC(C)(C#N)NC2CC2)C1. The molecule has 1 N–H and O–H groups in total. The number of nitrogens with zero attached hydrogens (tertiary/aromatic N) is 3. The molecule has 96 valence electrons. The van der Waals surface area contributed by atoms with E-state index in [1.54, 1.807) is 0 Å². The van der Waals surface area contributed by atoms with E-state index in [1.165, 1.54) is 19.3 Å². The van der Waals surface area contributed by atoms with Crippen molar-refractivity contribution in [2.45, 2.75) is 43.8 Å². The van der Waals surface area contributed by atoms with Crippen molar-refractivity contribution in [1.29, 1.82) is 5.26 Å². The van der Waals surface area contributed by atoms with Gasteiger partial charge in [0.1, 0.15) is 5.54 Å². The van der Waals surface area contributed by atoms with Gasteiger partial charge in [0, 0.05) is 25.2 Å². The summed E-state index contributed by atoms with van der Waals surface area (Å²) in [6.45, 7) is 5.10. The average Bonchev–Trinajstić information content (AvgIpc) is 2.94. The van der Waals surface area contributed by atoms with E-state index in [9.17, 15) is 5.26 Å². The van der Waals surface area contributed by atoms with Gasteiger partial charge in [-0.2, -0.15) is 5.26 Å². The standard InChI is InChI=1S/C13H24N4/c1-13(9-14,15-11-4-5-11)10-17-7-6-12(8-17)16(2)3/h11-12,15H,4-8,10H2,1-3H3. The Balaban J connectivity index is 1.85. The van der Waals surface area contributed by atoms with E-state index in [4.69, 9.17) is 0 Å². The zero-order valence-electron chi connectivity index (χ0n) is 11.2. The summed E-state index contributed by atoms with van der Waals surface area (Å²) in [5, 5.41) is 12.8. The minimum absolute atomic E-state index is 0.373. The quantitative estimate of drug-likeness (QED) is 0.761. The number of nitriles is 1. The fourth-order valence-electron chi connectivity index (χ4n) is 2.62. The highest BCUT2D eigenvalue weighted by Gasteiger charge is 2.36. The van der Waals surface area contributed by atoms with Crippen LogP contribution in [-0.4, -0.2) is 61.2 Å². The van der Waals surface area contributed by atoms with E-state index in [1.807, 2.05) is 6.92 Å². The summed E-state index contributed by atoms with van der Waals surface area (Å²) >= 11 is 0. The van der Waals surface area contributed by atoms with Crippen LogP contribution in [0.2, 0.25) is 0 Å². The molecule has 0 aromatic rings. The van der Waals surface area contributed by atoms with Gasteiger partial charge in [-0.3, -0.25) is 10.2 Å². The van der Waals surface area contributed by atoms with Crippen LogP contribution in [0.25, 0.3) is 0 Å². The summed E-state index contributed by atoms with van der Waals surface area (Å²) in [6, 6.07) is 3.70. The maximum Gasteiger partial charge on any atom is 0.116 e. The van der Waals surface area contributed by atoms with E-state index < -0.39 is 0 Å². The summed E-state index contributed by atoms with van der Waals surface area (Å²) < 4.78 is 0. The minimum Gasteiger partial charge on any atom is -0.305 e. The van der Waals surface area contributed by atoms with Gasteiger partial charge in [-0.05, 0) is 46.8 Å². The van der Waals surface area contributed by atoms with Crippen molar-refractivity contribution in [2.75, 3.05) is 33.7 Å². The third-order valence-corrected chi connectivity index (χ3v) is 3.86. The first-order valence-corrected chi connectivity index (χ1v) is 6.60. The molecular weight excluding hydrogens is 212 g/mol. The maximum atomic E-state index is 9.35. The van der Waals surface area contributed by atoms with Crippen LogP contribution >= 0.6 is 0 Å². The molecule has 2 unspecified atom stereocenters. The van der Waals surface area contributed by atoms with Crippen LogP contribution in [0.5, 0.6) is 0 Å². The van der Waals surface area contributed by atoms with Crippen LogP contribution in [0.1, 0.15) is 26.2 Å². The lowest BCUT2D eigenvalue weighted by atomic mass is 10.0. The molecule has 4 nitrogen and oxygen atoms in total.